The Morgan fingerprint density at radius 2 is 2.00 bits per heavy atom. The molecule has 98 valence electrons. The van der Waals surface area contributed by atoms with E-state index in [-0.39, 0.29) is 5.92 Å². The minimum absolute atomic E-state index is 0.0553. The number of nitrogens with one attached hydrogen (secondary N) is 1. The third-order valence-electron chi connectivity index (χ3n) is 3.05. The van der Waals surface area contributed by atoms with E-state index in [1.807, 2.05) is 30.3 Å². The van der Waals surface area contributed by atoms with Crippen molar-refractivity contribution in [1.82, 2.24) is 5.48 Å². The molecular formula is C12H12F3NO2. The number of hydroxylamine groups is 1. The van der Waals surface area contributed by atoms with Crippen LogP contribution >= 0.6 is 0 Å². The third-order valence-corrected chi connectivity index (χ3v) is 3.05. The van der Waals surface area contributed by atoms with Gasteiger partial charge in [0.15, 0.2) is 0 Å². The second-order valence-corrected chi connectivity index (χ2v) is 4.57. The van der Waals surface area contributed by atoms with E-state index in [2.05, 4.69) is 10.3 Å². The molecule has 1 aliphatic carbocycles. The molecule has 18 heavy (non-hydrogen) atoms. The molecule has 0 saturated heterocycles. The van der Waals surface area contributed by atoms with Crippen molar-refractivity contribution in [1.29, 1.82) is 0 Å². The van der Waals surface area contributed by atoms with Gasteiger partial charge in [-0.3, -0.25) is 0 Å². The number of benzene rings is 1. The molecule has 0 aliphatic heterocycles. The van der Waals surface area contributed by atoms with Crippen molar-refractivity contribution in [3.8, 4) is 0 Å². The zero-order chi connectivity index (χ0) is 13.4. The van der Waals surface area contributed by atoms with Crippen molar-refractivity contribution in [3.05, 3.63) is 35.9 Å². The van der Waals surface area contributed by atoms with Gasteiger partial charge in [0.1, 0.15) is 0 Å². The summed E-state index contributed by atoms with van der Waals surface area (Å²) in [7, 11) is 0. The fourth-order valence-electron chi connectivity index (χ4n) is 1.87. The molecule has 0 bridgehead atoms. The van der Waals surface area contributed by atoms with E-state index in [1.54, 1.807) is 6.92 Å². The van der Waals surface area contributed by atoms with E-state index in [0.29, 0.717) is 6.42 Å². The average Bonchev–Trinajstić information content (AvgIpc) is 2.99. The number of halogens is 3. The van der Waals surface area contributed by atoms with Crippen LogP contribution in [0.15, 0.2) is 30.3 Å². The van der Waals surface area contributed by atoms with Crippen LogP contribution in [0.2, 0.25) is 0 Å². The smallest absolute Gasteiger partial charge is 0.363 e. The van der Waals surface area contributed by atoms with Crippen LogP contribution in [-0.2, 0) is 9.63 Å². The molecule has 1 saturated carbocycles. The molecule has 0 heterocycles. The number of carbonyl (C=O) groups excluding carboxylic acids is 1. The van der Waals surface area contributed by atoms with Crippen LogP contribution in [0, 0.1) is 0 Å². The van der Waals surface area contributed by atoms with Gasteiger partial charge in [0.2, 0.25) is 0 Å². The van der Waals surface area contributed by atoms with Crippen LogP contribution in [0.3, 0.4) is 0 Å². The Morgan fingerprint density at radius 3 is 2.56 bits per heavy atom. The highest BCUT2D eigenvalue weighted by Crippen LogP contribution is 2.51. The molecule has 2 rings (SSSR count). The van der Waals surface area contributed by atoms with Gasteiger partial charge in [-0.15, -0.1) is 5.48 Å². The molecule has 1 fully saturated rings. The summed E-state index contributed by atoms with van der Waals surface area (Å²) in [5, 5.41) is 0. The largest absolute Gasteiger partial charge is 0.492 e. The van der Waals surface area contributed by atoms with Crippen LogP contribution in [0.1, 0.15) is 24.8 Å². The van der Waals surface area contributed by atoms with E-state index in [9.17, 15) is 18.0 Å². The zero-order valence-corrected chi connectivity index (χ0v) is 9.62. The molecule has 2 atom stereocenters. The first kappa shape index (κ1) is 12.9. The maximum atomic E-state index is 12.0. The summed E-state index contributed by atoms with van der Waals surface area (Å²) in [5.74, 6) is -2.16. The first-order valence-electron chi connectivity index (χ1n) is 5.43. The predicted molar refractivity (Wildman–Crippen MR) is 57.5 cm³/mol. The molecule has 1 N–H and O–H groups in total. The molecule has 1 aromatic rings. The summed E-state index contributed by atoms with van der Waals surface area (Å²) in [5.41, 5.74) is 2.61. The summed E-state index contributed by atoms with van der Waals surface area (Å²) < 4.78 is 35.9. The Hall–Kier alpha value is -1.56. The lowest BCUT2D eigenvalue weighted by Gasteiger charge is -2.14. The minimum Gasteiger partial charge on any atom is -0.363 e. The summed E-state index contributed by atoms with van der Waals surface area (Å²) >= 11 is 0. The number of alkyl halides is 3. The van der Waals surface area contributed by atoms with Crippen LogP contribution in [0.5, 0.6) is 0 Å². The van der Waals surface area contributed by atoms with Crippen LogP contribution in [-0.4, -0.2) is 17.7 Å². The summed E-state index contributed by atoms with van der Waals surface area (Å²) in [6.07, 6.45) is -4.34. The Labute approximate surface area is 102 Å². The lowest BCUT2D eigenvalue weighted by atomic mass is 10.1. The van der Waals surface area contributed by atoms with E-state index in [0.717, 1.165) is 5.56 Å². The lowest BCUT2D eigenvalue weighted by molar-refractivity contribution is -0.209. The highest BCUT2D eigenvalue weighted by Gasteiger charge is 2.53. The van der Waals surface area contributed by atoms with Crippen molar-refractivity contribution in [3.63, 3.8) is 0 Å². The first-order chi connectivity index (χ1) is 8.33. The molecule has 1 aromatic carbocycles. The van der Waals surface area contributed by atoms with Crippen molar-refractivity contribution in [2.75, 3.05) is 0 Å². The van der Waals surface area contributed by atoms with Crippen LogP contribution in [0.25, 0.3) is 0 Å². The Kier molecular flexibility index (Phi) is 3.06. The van der Waals surface area contributed by atoms with Crippen molar-refractivity contribution >= 4 is 5.97 Å². The predicted octanol–water partition coefficient (Wildman–Crippen LogP) is 2.54. The average molecular weight is 259 g/mol. The number of rotatable bonds is 3. The van der Waals surface area contributed by atoms with Crippen LogP contribution < -0.4 is 5.48 Å². The highest BCUT2D eigenvalue weighted by atomic mass is 19.4. The fraction of sp³-hybridized carbons (Fsp3) is 0.417. The van der Waals surface area contributed by atoms with E-state index in [1.165, 1.54) is 0 Å². The second-order valence-electron chi connectivity index (χ2n) is 4.57. The Balaban J connectivity index is 1.91. The SMILES string of the molecule is CC1(NOC(=O)C(F)(F)F)CC1c1ccccc1. The molecule has 1 aliphatic rings. The van der Waals surface area contributed by atoms with Gasteiger partial charge in [-0.25, -0.2) is 4.79 Å². The summed E-state index contributed by atoms with van der Waals surface area (Å²) in [6.45, 7) is 1.72. The minimum atomic E-state index is -4.97. The highest BCUT2D eigenvalue weighted by molar-refractivity contribution is 5.75. The van der Waals surface area contributed by atoms with Crippen molar-refractivity contribution in [2.24, 2.45) is 0 Å². The number of hydrogen-bond donors (Lipinski definition) is 1. The molecule has 2 unspecified atom stereocenters. The van der Waals surface area contributed by atoms with Gasteiger partial charge >= 0.3 is 12.1 Å². The maximum absolute atomic E-state index is 12.0. The molecule has 6 heteroatoms. The van der Waals surface area contributed by atoms with Gasteiger partial charge in [-0.1, -0.05) is 30.3 Å². The van der Waals surface area contributed by atoms with E-state index < -0.39 is 17.7 Å². The molecule has 0 spiro atoms. The third kappa shape index (κ3) is 2.64. The second kappa shape index (κ2) is 4.28. The van der Waals surface area contributed by atoms with Gasteiger partial charge in [0.25, 0.3) is 0 Å². The first-order valence-corrected chi connectivity index (χ1v) is 5.43. The molecule has 0 amide bonds. The monoisotopic (exact) mass is 259 g/mol. The number of hydrogen-bond acceptors (Lipinski definition) is 3. The normalized spacial score (nSPS) is 26.8. The van der Waals surface area contributed by atoms with Gasteiger partial charge in [-0.05, 0) is 18.9 Å². The molecule has 0 aromatic heterocycles. The molecule has 0 radical (unpaired) electrons. The van der Waals surface area contributed by atoms with Gasteiger partial charge < -0.3 is 4.84 Å². The van der Waals surface area contributed by atoms with Gasteiger partial charge in [0, 0.05) is 5.92 Å². The number of carbonyl (C=O) groups is 1. The molecular weight excluding hydrogens is 247 g/mol. The van der Waals surface area contributed by atoms with Gasteiger partial charge in [0.05, 0.1) is 5.54 Å². The maximum Gasteiger partial charge on any atom is 0.492 e. The van der Waals surface area contributed by atoms with Crippen LogP contribution in [0.4, 0.5) is 13.2 Å². The lowest BCUT2D eigenvalue weighted by Crippen LogP contribution is -2.37. The molecule has 3 nitrogen and oxygen atoms in total. The fourth-order valence-corrected chi connectivity index (χ4v) is 1.87. The van der Waals surface area contributed by atoms with Gasteiger partial charge in [-0.2, -0.15) is 13.2 Å². The Morgan fingerprint density at radius 1 is 1.39 bits per heavy atom. The van der Waals surface area contributed by atoms with E-state index in [4.69, 9.17) is 0 Å². The quantitative estimate of drug-likeness (QED) is 0.848. The van der Waals surface area contributed by atoms with E-state index >= 15 is 0 Å². The summed E-state index contributed by atoms with van der Waals surface area (Å²) in [6, 6.07) is 9.36. The summed E-state index contributed by atoms with van der Waals surface area (Å²) in [4.78, 5) is 14.6. The Bertz CT molecular complexity index is 446. The van der Waals surface area contributed by atoms with Crippen molar-refractivity contribution in [2.45, 2.75) is 31.0 Å². The van der Waals surface area contributed by atoms with Crippen molar-refractivity contribution < 1.29 is 22.8 Å². The topological polar surface area (TPSA) is 38.3 Å². The standard InChI is InChI=1S/C12H12F3NO2/c1-11(16-18-10(17)12(13,14)15)7-9(11)8-5-3-2-4-6-8/h2-6,9,16H,7H2,1H3. The zero-order valence-electron chi connectivity index (χ0n) is 9.62.